The predicted molar refractivity (Wildman–Crippen MR) is 70.6 cm³/mol. The molecule has 0 radical (unpaired) electrons. The Morgan fingerprint density at radius 2 is 1.88 bits per heavy atom. The number of rotatable bonds is 2. The van der Waals surface area contributed by atoms with Gasteiger partial charge in [0.25, 0.3) is 0 Å². The molecule has 0 aliphatic heterocycles. The summed E-state index contributed by atoms with van der Waals surface area (Å²) in [7, 11) is 1.92. The van der Waals surface area contributed by atoms with E-state index in [1.54, 1.807) is 0 Å². The Balaban J connectivity index is 2.13. The Kier molecular flexibility index (Phi) is 2.29. The van der Waals surface area contributed by atoms with Crippen molar-refractivity contribution in [2.45, 2.75) is 0 Å². The third-order valence-corrected chi connectivity index (χ3v) is 2.88. The lowest BCUT2D eigenvalue weighted by Gasteiger charge is -2.06. The number of anilines is 1. The zero-order chi connectivity index (χ0) is 11.7. The Hall–Kier alpha value is -2.29. The maximum atomic E-state index is 4.41. The minimum atomic E-state index is 0.990. The van der Waals surface area contributed by atoms with Gasteiger partial charge >= 0.3 is 0 Å². The van der Waals surface area contributed by atoms with Gasteiger partial charge < -0.3 is 9.88 Å². The Morgan fingerprint density at radius 1 is 1.06 bits per heavy atom. The van der Waals surface area contributed by atoms with E-state index < -0.39 is 0 Å². The summed E-state index contributed by atoms with van der Waals surface area (Å²) in [6.45, 7) is 0. The average molecular weight is 223 g/mol. The largest absolute Gasteiger partial charge is 0.388 e. The first-order valence-electron chi connectivity index (χ1n) is 5.59. The number of hydrogen-bond acceptors (Lipinski definition) is 2. The molecule has 2 heterocycles. The number of aromatic nitrogens is 2. The van der Waals surface area contributed by atoms with E-state index in [1.165, 1.54) is 0 Å². The summed E-state index contributed by atoms with van der Waals surface area (Å²) in [5.74, 6) is 0. The molecule has 3 heteroatoms. The number of benzene rings is 1. The smallest absolute Gasteiger partial charge is 0.144 e. The highest BCUT2D eigenvalue weighted by molar-refractivity contribution is 5.77. The van der Waals surface area contributed by atoms with Crippen LogP contribution in [0.2, 0.25) is 0 Å². The van der Waals surface area contributed by atoms with Gasteiger partial charge in [-0.15, -0.1) is 0 Å². The molecule has 0 aliphatic carbocycles. The Morgan fingerprint density at radius 3 is 2.65 bits per heavy atom. The van der Waals surface area contributed by atoms with E-state index in [0.717, 1.165) is 22.4 Å². The summed E-state index contributed by atoms with van der Waals surface area (Å²) in [6, 6.07) is 14.4. The van der Waals surface area contributed by atoms with Gasteiger partial charge in [-0.1, -0.05) is 0 Å². The van der Waals surface area contributed by atoms with Crippen molar-refractivity contribution in [3.8, 4) is 5.69 Å². The van der Waals surface area contributed by atoms with Gasteiger partial charge in [-0.25, -0.2) is 4.98 Å². The van der Waals surface area contributed by atoms with Gasteiger partial charge in [0.1, 0.15) is 5.65 Å². The zero-order valence-corrected chi connectivity index (χ0v) is 9.59. The molecule has 0 atom stereocenters. The number of nitrogens with zero attached hydrogens (tertiary/aromatic N) is 2. The predicted octanol–water partition coefficient (Wildman–Crippen LogP) is 3.07. The zero-order valence-electron chi connectivity index (χ0n) is 9.59. The van der Waals surface area contributed by atoms with Gasteiger partial charge in [-0.05, 0) is 42.5 Å². The molecule has 3 rings (SSSR count). The molecular weight excluding hydrogens is 210 g/mol. The fraction of sp³-hybridized carbons (Fsp3) is 0.0714. The van der Waals surface area contributed by atoms with Gasteiger partial charge in [-0.2, -0.15) is 0 Å². The molecule has 1 N–H and O–H groups in total. The molecule has 3 nitrogen and oxygen atoms in total. The van der Waals surface area contributed by atoms with Crippen molar-refractivity contribution >= 4 is 16.7 Å². The Bertz CT molecular complexity index is 638. The summed E-state index contributed by atoms with van der Waals surface area (Å²) in [4.78, 5) is 4.41. The number of fused-ring (bicyclic) bond motifs is 1. The van der Waals surface area contributed by atoms with E-state index in [0.29, 0.717) is 0 Å². The van der Waals surface area contributed by atoms with Crippen LogP contribution in [0.25, 0.3) is 16.7 Å². The van der Waals surface area contributed by atoms with Crippen molar-refractivity contribution < 1.29 is 0 Å². The molecule has 0 saturated carbocycles. The fourth-order valence-electron chi connectivity index (χ4n) is 1.96. The average Bonchev–Trinajstić information content (AvgIpc) is 2.83. The number of nitrogens with one attached hydrogen (secondary N) is 1. The van der Waals surface area contributed by atoms with E-state index in [4.69, 9.17) is 0 Å². The van der Waals surface area contributed by atoms with Gasteiger partial charge in [0, 0.05) is 36.2 Å². The molecule has 0 spiro atoms. The second-order valence-electron chi connectivity index (χ2n) is 3.90. The van der Waals surface area contributed by atoms with Crippen LogP contribution in [-0.2, 0) is 0 Å². The third-order valence-electron chi connectivity index (χ3n) is 2.88. The summed E-state index contributed by atoms with van der Waals surface area (Å²) in [6.07, 6.45) is 3.87. The molecule has 0 saturated heterocycles. The number of pyridine rings is 1. The van der Waals surface area contributed by atoms with Gasteiger partial charge in [-0.3, -0.25) is 0 Å². The first-order chi connectivity index (χ1) is 8.38. The summed E-state index contributed by atoms with van der Waals surface area (Å²) in [5, 5.41) is 4.27. The summed E-state index contributed by atoms with van der Waals surface area (Å²) in [5.41, 5.74) is 3.22. The van der Waals surface area contributed by atoms with E-state index in [1.807, 2.05) is 25.5 Å². The van der Waals surface area contributed by atoms with Gasteiger partial charge in [0.05, 0.1) is 0 Å². The molecule has 2 aromatic heterocycles. The molecular formula is C14H13N3. The first-order valence-corrected chi connectivity index (χ1v) is 5.59. The van der Waals surface area contributed by atoms with Crippen molar-refractivity contribution in [2.75, 3.05) is 12.4 Å². The van der Waals surface area contributed by atoms with Gasteiger partial charge in [0.15, 0.2) is 0 Å². The second kappa shape index (κ2) is 3.94. The molecule has 3 aromatic rings. The molecule has 0 amide bonds. The van der Waals surface area contributed by atoms with E-state index in [-0.39, 0.29) is 0 Å². The maximum Gasteiger partial charge on any atom is 0.144 e. The van der Waals surface area contributed by atoms with Crippen LogP contribution in [0, 0.1) is 0 Å². The van der Waals surface area contributed by atoms with Crippen LogP contribution >= 0.6 is 0 Å². The maximum absolute atomic E-state index is 4.41. The molecule has 17 heavy (non-hydrogen) atoms. The molecule has 0 bridgehead atoms. The summed E-state index contributed by atoms with van der Waals surface area (Å²) >= 11 is 0. The lowest BCUT2D eigenvalue weighted by molar-refractivity contribution is 1.09. The molecule has 0 fully saturated rings. The standard InChI is InChI=1S/C14H13N3/c1-15-12-4-6-13(7-5-12)17-10-8-11-3-2-9-16-14(11)17/h2-10,15H,1H3. The topological polar surface area (TPSA) is 29.9 Å². The molecule has 0 aliphatic rings. The van der Waals surface area contributed by atoms with Crippen LogP contribution in [0.3, 0.4) is 0 Å². The quantitative estimate of drug-likeness (QED) is 0.723. The minimum absolute atomic E-state index is 0.990. The van der Waals surface area contributed by atoms with Crippen molar-refractivity contribution in [1.29, 1.82) is 0 Å². The van der Waals surface area contributed by atoms with Gasteiger partial charge in [0.2, 0.25) is 0 Å². The minimum Gasteiger partial charge on any atom is -0.388 e. The van der Waals surface area contributed by atoms with Crippen molar-refractivity contribution in [1.82, 2.24) is 9.55 Å². The second-order valence-corrected chi connectivity index (χ2v) is 3.90. The van der Waals surface area contributed by atoms with Crippen LogP contribution in [0.5, 0.6) is 0 Å². The third kappa shape index (κ3) is 1.65. The van der Waals surface area contributed by atoms with Crippen molar-refractivity contribution in [3.63, 3.8) is 0 Å². The van der Waals surface area contributed by atoms with Crippen LogP contribution in [-0.4, -0.2) is 16.6 Å². The van der Waals surface area contributed by atoms with Crippen LogP contribution in [0.15, 0.2) is 54.9 Å². The molecule has 1 aromatic carbocycles. The van der Waals surface area contributed by atoms with Crippen LogP contribution in [0.1, 0.15) is 0 Å². The number of hydrogen-bond donors (Lipinski definition) is 1. The SMILES string of the molecule is CNc1ccc(-n2ccc3cccnc32)cc1. The highest BCUT2D eigenvalue weighted by Gasteiger charge is 2.02. The fourth-order valence-corrected chi connectivity index (χ4v) is 1.96. The van der Waals surface area contributed by atoms with E-state index >= 15 is 0 Å². The van der Waals surface area contributed by atoms with Crippen LogP contribution < -0.4 is 5.32 Å². The normalized spacial score (nSPS) is 10.6. The lowest BCUT2D eigenvalue weighted by Crippen LogP contribution is -1.94. The Labute approximate surface area is 99.7 Å². The highest BCUT2D eigenvalue weighted by Crippen LogP contribution is 2.19. The highest BCUT2D eigenvalue weighted by atomic mass is 15.0. The van der Waals surface area contributed by atoms with E-state index in [2.05, 4.69) is 51.3 Å². The molecule has 0 unspecified atom stereocenters. The summed E-state index contributed by atoms with van der Waals surface area (Å²) < 4.78 is 2.09. The lowest BCUT2D eigenvalue weighted by atomic mass is 10.3. The molecule has 84 valence electrons. The van der Waals surface area contributed by atoms with Crippen molar-refractivity contribution in [3.05, 3.63) is 54.9 Å². The monoisotopic (exact) mass is 223 g/mol. The van der Waals surface area contributed by atoms with Crippen LogP contribution in [0.4, 0.5) is 5.69 Å². The first kappa shape index (κ1) is 9.90. The van der Waals surface area contributed by atoms with E-state index in [9.17, 15) is 0 Å². The van der Waals surface area contributed by atoms with Crippen molar-refractivity contribution in [2.24, 2.45) is 0 Å².